The van der Waals surface area contributed by atoms with Gasteiger partial charge in [-0.3, -0.25) is 9.59 Å². The minimum Gasteiger partial charge on any atom is -0.340 e. The maximum Gasteiger partial charge on any atom is 0.259 e. The van der Waals surface area contributed by atoms with Gasteiger partial charge in [0.1, 0.15) is 10.7 Å². The van der Waals surface area contributed by atoms with Crippen LogP contribution in [0.4, 0.5) is 0 Å². The van der Waals surface area contributed by atoms with Crippen LogP contribution in [0.15, 0.2) is 4.79 Å². The summed E-state index contributed by atoms with van der Waals surface area (Å²) in [6, 6.07) is 0. The molecule has 2 aromatic rings. The number of aryl methyl sites for hydroxylation is 2. The van der Waals surface area contributed by atoms with E-state index in [1.807, 2.05) is 4.90 Å². The Morgan fingerprint density at radius 1 is 1.36 bits per heavy atom. The summed E-state index contributed by atoms with van der Waals surface area (Å²) in [4.78, 5) is 36.5. The van der Waals surface area contributed by atoms with Gasteiger partial charge in [-0.05, 0) is 30.7 Å². The molecule has 0 aromatic carbocycles. The van der Waals surface area contributed by atoms with Crippen molar-refractivity contribution >= 4 is 27.5 Å². The quantitative estimate of drug-likeness (QED) is 0.869. The molecule has 1 saturated heterocycles. The van der Waals surface area contributed by atoms with Gasteiger partial charge in [0, 0.05) is 43.9 Å². The lowest BCUT2D eigenvalue weighted by atomic mass is 9.89. The van der Waals surface area contributed by atoms with Crippen LogP contribution >= 0.6 is 11.3 Å². The standard InChI is InChI=1S/C18H24N4O2S/c1-11-2-3-12-13(10-11)25-18-16(12)17(24)20-14(21-18)4-5-15(23)22-8-6-19-7-9-22/h11,19H,2-10H2,1H3,(H,20,21,24). The molecule has 1 unspecified atom stereocenters. The average molecular weight is 360 g/mol. The number of nitrogens with one attached hydrogen (secondary N) is 2. The Labute approximate surface area is 150 Å². The van der Waals surface area contributed by atoms with Crippen LogP contribution in [0.1, 0.15) is 36.0 Å². The monoisotopic (exact) mass is 360 g/mol. The highest BCUT2D eigenvalue weighted by molar-refractivity contribution is 7.18. The fraction of sp³-hybridized carbons (Fsp3) is 0.611. The molecule has 3 heterocycles. The molecule has 2 aromatic heterocycles. The molecular weight excluding hydrogens is 336 g/mol. The van der Waals surface area contributed by atoms with Gasteiger partial charge in [0.05, 0.1) is 5.39 Å². The Hall–Kier alpha value is -1.73. The third-order valence-electron chi connectivity index (χ3n) is 5.26. The summed E-state index contributed by atoms with van der Waals surface area (Å²) in [6.45, 7) is 5.49. The van der Waals surface area contributed by atoms with E-state index < -0.39 is 0 Å². The first-order valence-corrected chi connectivity index (χ1v) is 9.95. The summed E-state index contributed by atoms with van der Waals surface area (Å²) in [5.74, 6) is 1.45. The molecule has 0 saturated carbocycles. The summed E-state index contributed by atoms with van der Waals surface area (Å²) in [6.07, 6.45) is 4.05. The Balaban J connectivity index is 1.53. The van der Waals surface area contributed by atoms with Crippen molar-refractivity contribution in [3.8, 4) is 0 Å². The number of amides is 1. The molecule has 1 atom stereocenters. The molecule has 0 spiro atoms. The number of carbonyl (C=O) groups excluding carboxylic acids is 1. The molecule has 1 fully saturated rings. The Morgan fingerprint density at radius 3 is 2.96 bits per heavy atom. The second-order valence-electron chi connectivity index (χ2n) is 7.18. The van der Waals surface area contributed by atoms with Gasteiger partial charge in [-0.15, -0.1) is 11.3 Å². The van der Waals surface area contributed by atoms with Crippen LogP contribution in [0.5, 0.6) is 0 Å². The number of carbonyl (C=O) groups is 1. The molecule has 25 heavy (non-hydrogen) atoms. The van der Waals surface area contributed by atoms with Crippen molar-refractivity contribution in [3.05, 3.63) is 26.6 Å². The van der Waals surface area contributed by atoms with Crippen LogP contribution in [-0.4, -0.2) is 47.0 Å². The molecule has 4 rings (SSSR count). The lowest BCUT2D eigenvalue weighted by Gasteiger charge is -2.27. The first-order chi connectivity index (χ1) is 12.1. The van der Waals surface area contributed by atoms with Gasteiger partial charge in [0.25, 0.3) is 5.56 Å². The zero-order chi connectivity index (χ0) is 17.4. The highest BCUT2D eigenvalue weighted by atomic mass is 32.1. The van der Waals surface area contributed by atoms with Crippen LogP contribution in [0.25, 0.3) is 10.2 Å². The van der Waals surface area contributed by atoms with Gasteiger partial charge in [0.2, 0.25) is 5.91 Å². The molecule has 2 N–H and O–H groups in total. The van der Waals surface area contributed by atoms with E-state index in [0.717, 1.165) is 55.7 Å². The zero-order valence-electron chi connectivity index (χ0n) is 14.6. The summed E-state index contributed by atoms with van der Waals surface area (Å²) >= 11 is 1.66. The van der Waals surface area contributed by atoms with Gasteiger partial charge in [0.15, 0.2) is 0 Å². The van der Waals surface area contributed by atoms with E-state index in [4.69, 9.17) is 0 Å². The Bertz CT molecular complexity index is 851. The van der Waals surface area contributed by atoms with Crippen molar-refractivity contribution in [1.29, 1.82) is 0 Å². The fourth-order valence-electron chi connectivity index (χ4n) is 3.81. The van der Waals surface area contributed by atoms with E-state index in [9.17, 15) is 9.59 Å². The van der Waals surface area contributed by atoms with Crippen LogP contribution in [0.3, 0.4) is 0 Å². The van der Waals surface area contributed by atoms with Crippen molar-refractivity contribution in [2.24, 2.45) is 5.92 Å². The highest BCUT2D eigenvalue weighted by Gasteiger charge is 2.23. The van der Waals surface area contributed by atoms with Crippen LogP contribution in [0, 0.1) is 5.92 Å². The molecule has 134 valence electrons. The van der Waals surface area contributed by atoms with Crippen LogP contribution in [-0.2, 0) is 24.1 Å². The minimum absolute atomic E-state index is 0.0401. The fourth-order valence-corrected chi connectivity index (χ4v) is 5.21. The maximum absolute atomic E-state index is 12.6. The van der Waals surface area contributed by atoms with E-state index >= 15 is 0 Å². The highest BCUT2D eigenvalue weighted by Crippen LogP contribution is 2.35. The van der Waals surface area contributed by atoms with Crippen LogP contribution in [0.2, 0.25) is 0 Å². The number of aromatic amines is 1. The number of nitrogens with zero attached hydrogens (tertiary/aromatic N) is 2. The summed E-state index contributed by atoms with van der Waals surface area (Å²) in [5.41, 5.74) is 1.16. The lowest BCUT2D eigenvalue weighted by molar-refractivity contribution is -0.131. The zero-order valence-corrected chi connectivity index (χ0v) is 15.4. The molecule has 6 nitrogen and oxygen atoms in total. The minimum atomic E-state index is -0.0401. The van der Waals surface area contributed by atoms with Crippen molar-refractivity contribution in [2.75, 3.05) is 26.2 Å². The normalized spacial score (nSPS) is 20.7. The molecule has 1 amide bonds. The Morgan fingerprint density at radius 2 is 2.16 bits per heavy atom. The first-order valence-electron chi connectivity index (χ1n) is 9.13. The summed E-state index contributed by atoms with van der Waals surface area (Å²) < 4.78 is 0. The molecular formula is C18H24N4O2S. The number of piperazine rings is 1. The second kappa shape index (κ2) is 6.88. The molecule has 0 bridgehead atoms. The van der Waals surface area contributed by atoms with E-state index in [1.54, 1.807) is 11.3 Å². The number of hydrogen-bond donors (Lipinski definition) is 2. The third kappa shape index (κ3) is 3.35. The van der Waals surface area contributed by atoms with E-state index in [1.165, 1.54) is 10.4 Å². The SMILES string of the molecule is CC1CCc2c(sc3nc(CCC(=O)N4CCNCC4)[nH]c(=O)c23)C1. The number of H-pyrrole nitrogens is 1. The lowest BCUT2D eigenvalue weighted by Crippen LogP contribution is -2.46. The number of aromatic nitrogens is 2. The number of thiophene rings is 1. The molecule has 1 aliphatic heterocycles. The largest absolute Gasteiger partial charge is 0.340 e. The summed E-state index contributed by atoms with van der Waals surface area (Å²) in [7, 11) is 0. The van der Waals surface area contributed by atoms with E-state index in [2.05, 4.69) is 22.2 Å². The maximum atomic E-state index is 12.6. The molecule has 2 aliphatic rings. The van der Waals surface area contributed by atoms with E-state index in [0.29, 0.717) is 24.6 Å². The van der Waals surface area contributed by atoms with Gasteiger partial charge in [-0.25, -0.2) is 4.98 Å². The summed E-state index contributed by atoms with van der Waals surface area (Å²) in [5, 5.41) is 4.03. The van der Waals surface area contributed by atoms with E-state index in [-0.39, 0.29) is 11.5 Å². The van der Waals surface area contributed by atoms with Crippen molar-refractivity contribution in [2.45, 2.75) is 39.0 Å². The first kappa shape index (κ1) is 16.7. The van der Waals surface area contributed by atoms with Gasteiger partial charge >= 0.3 is 0 Å². The van der Waals surface area contributed by atoms with Crippen molar-refractivity contribution in [3.63, 3.8) is 0 Å². The number of hydrogen-bond acceptors (Lipinski definition) is 5. The van der Waals surface area contributed by atoms with Gasteiger partial charge in [-0.2, -0.15) is 0 Å². The smallest absolute Gasteiger partial charge is 0.259 e. The second-order valence-corrected chi connectivity index (χ2v) is 8.26. The Kier molecular flexibility index (Phi) is 4.60. The van der Waals surface area contributed by atoms with Gasteiger partial charge < -0.3 is 15.2 Å². The molecule has 7 heteroatoms. The van der Waals surface area contributed by atoms with Crippen LogP contribution < -0.4 is 10.9 Å². The average Bonchev–Trinajstić information content (AvgIpc) is 2.98. The molecule has 0 radical (unpaired) electrons. The third-order valence-corrected chi connectivity index (χ3v) is 6.41. The van der Waals surface area contributed by atoms with Gasteiger partial charge in [-0.1, -0.05) is 6.92 Å². The molecule has 1 aliphatic carbocycles. The van der Waals surface area contributed by atoms with Crippen molar-refractivity contribution in [1.82, 2.24) is 20.2 Å². The number of rotatable bonds is 3. The topological polar surface area (TPSA) is 78.1 Å². The van der Waals surface area contributed by atoms with Crippen molar-refractivity contribution < 1.29 is 4.79 Å². The number of fused-ring (bicyclic) bond motifs is 3. The predicted octanol–water partition coefficient (Wildman–Crippen LogP) is 1.47. The predicted molar refractivity (Wildman–Crippen MR) is 99.2 cm³/mol.